The molecule has 0 saturated heterocycles. The Balaban J connectivity index is 2.07. The fraction of sp³-hybridized carbons (Fsp3) is 0.143. The molecule has 134 valence electrons. The highest BCUT2D eigenvalue weighted by molar-refractivity contribution is 6.05. The van der Waals surface area contributed by atoms with Gasteiger partial charge < -0.3 is 19.6 Å². The largest absolute Gasteiger partial charge is 0.468 e. The molecule has 1 aromatic heterocycles. The Morgan fingerprint density at radius 3 is 2.67 bits per heavy atom. The van der Waals surface area contributed by atoms with Gasteiger partial charge in [-0.3, -0.25) is 0 Å². The summed E-state index contributed by atoms with van der Waals surface area (Å²) in [7, 11) is 0. The van der Waals surface area contributed by atoms with Crippen LogP contribution in [0, 0.1) is 11.3 Å². The number of hydrogen-bond donors (Lipinski definition) is 1. The lowest BCUT2D eigenvalue weighted by Gasteiger charge is -2.23. The first kappa shape index (κ1) is 16.7. The van der Waals surface area contributed by atoms with Gasteiger partial charge in [0.2, 0.25) is 5.88 Å². The molecule has 0 bridgehead atoms. The third kappa shape index (κ3) is 2.52. The first-order valence-corrected chi connectivity index (χ1v) is 8.50. The number of ether oxygens (including phenoxy) is 2. The molecule has 4 rings (SSSR count). The normalized spacial score (nSPS) is 15.8. The summed E-state index contributed by atoms with van der Waals surface area (Å²) in [6, 6.07) is 14.9. The molecule has 0 fully saturated rings. The van der Waals surface area contributed by atoms with E-state index in [0.29, 0.717) is 28.2 Å². The van der Waals surface area contributed by atoms with Crippen molar-refractivity contribution in [3.8, 4) is 22.9 Å². The molecule has 6 heteroatoms. The fourth-order valence-electron chi connectivity index (χ4n) is 3.49. The van der Waals surface area contributed by atoms with E-state index in [2.05, 4.69) is 6.07 Å². The van der Waals surface area contributed by atoms with Gasteiger partial charge in [-0.1, -0.05) is 30.3 Å². The Bertz CT molecular complexity index is 1060. The van der Waals surface area contributed by atoms with Crippen LogP contribution in [0.15, 0.2) is 64.6 Å². The number of rotatable bonds is 3. The van der Waals surface area contributed by atoms with Gasteiger partial charge in [-0.05, 0) is 24.6 Å². The lowest BCUT2D eigenvalue weighted by molar-refractivity contribution is 0.0524. The number of carbonyl (C=O) groups is 1. The molecular formula is C21H16N2O4. The zero-order valence-electron chi connectivity index (χ0n) is 14.6. The minimum Gasteiger partial charge on any atom is -0.468 e. The minimum atomic E-state index is -0.568. The van der Waals surface area contributed by atoms with Gasteiger partial charge in [0.05, 0.1) is 18.8 Å². The van der Waals surface area contributed by atoms with Gasteiger partial charge in [0.1, 0.15) is 28.7 Å². The van der Waals surface area contributed by atoms with Gasteiger partial charge in [-0.15, -0.1) is 0 Å². The van der Waals surface area contributed by atoms with Gasteiger partial charge in [0, 0.05) is 11.1 Å². The highest BCUT2D eigenvalue weighted by Crippen LogP contribution is 2.52. The van der Waals surface area contributed by atoms with Crippen molar-refractivity contribution in [1.82, 2.24) is 0 Å². The molecule has 3 aliphatic rings. The Kier molecular flexibility index (Phi) is 4.05. The summed E-state index contributed by atoms with van der Waals surface area (Å²) < 4.78 is 16.6. The molecule has 0 amide bonds. The lowest BCUT2D eigenvalue weighted by Crippen LogP contribution is -2.21. The number of nitrogens with two attached hydrogens (primary N) is 1. The summed E-state index contributed by atoms with van der Waals surface area (Å²) in [5.74, 6) is -0.250. The third-order valence-electron chi connectivity index (χ3n) is 4.55. The van der Waals surface area contributed by atoms with Crippen molar-refractivity contribution in [3.05, 3.63) is 77.1 Å². The average Bonchev–Trinajstić information content (AvgIpc) is 3.21. The minimum absolute atomic E-state index is 0.0448. The van der Waals surface area contributed by atoms with E-state index in [0.717, 1.165) is 5.56 Å². The maximum absolute atomic E-state index is 12.7. The molecule has 0 spiro atoms. The molecule has 2 aliphatic carbocycles. The molecular weight excluding hydrogens is 344 g/mol. The summed E-state index contributed by atoms with van der Waals surface area (Å²) in [5, 5.41) is 9.68. The van der Waals surface area contributed by atoms with Crippen molar-refractivity contribution in [2.75, 3.05) is 6.61 Å². The highest BCUT2D eigenvalue weighted by atomic mass is 16.5. The van der Waals surface area contributed by atoms with E-state index in [1.165, 1.54) is 6.26 Å². The van der Waals surface area contributed by atoms with Crippen LogP contribution < -0.4 is 10.5 Å². The number of hydrogen-bond acceptors (Lipinski definition) is 6. The monoisotopic (exact) mass is 360 g/mol. The summed E-state index contributed by atoms with van der Waals surface area (Å²) in [4.78, 5) is 12.7. The summed E-state index contributed by atoms with van der Waals surface area (Å²) >= 11 is 0. The predicted octanol–water partition coefficient (Wildman–Crippen LogP) is 3.78. The number of fused-ring (bicyclic) bond motifs is 3. The molecule has 27 heavy (non-hydrogen) atoms. The van der Waals surface area contributed by atoms with Crippen LogP contribution in [0.5, 0.6) is 5.75 Å². The second kappa shape index (κ2) is 6.54. The van der Waals surface area contributed by atoms with Gasteiger partial charge in [0.25, 0.3) is 0 Å². The number of nitrogens with zero attached hydrogens (tertiary/aromatic N) is 1. The van der Waals surface area contributed by atoms with Crippen LogP contribution in [0.1, 0.15) is 34.5 Å². The molecule has 1 aromatic rings. The molecule has 2 N–H and O–H groups in total. The summed E-state index contributed by atoms with van der Waals surface area (Å²) in [6.45, 7) is 1.97. The van der Waals surface area contributed by atoms with E-state index < -0.39 is 11.9 Å². The zero-order chi connectivity index (χ0) is 19.0. The standard InChI is InChI=1S/C21H16N2O4/c1-2-25-21(24)18-13-8-5-3-4-7-12(13)17-16(15-9-6-10-26-15)14(11-22)20(23)27-19(17)18/h3-10,16H,2,23H2,1H3. The zero-order valence-corrected chi connectivity index (χ0v) is 14.6. The number of nitriles is 1. The Labute approximate surface area is 155 Å². The van der Waals surface area contributed by atoms with Crippen LogP contribution >= 0.6 is 0 Å². The van der Waals surface area contributed by atoms with Crippen LogP contribution in [-0.2, 0) is 4.74 Å². The summed E-state index contributed by atoms with van der Waals surface area (Å²) in [6.07, 6.45) is 1.53. The number of esters is 1. The second-order valence-corrected chi connectivity index (χ2v) is 6.02. The van der Waals surface area contributed by atoms with Crippen molar-refractivity contribution in [2.24, 2.45) is 5.73 Å². The van der Waals surface area contributed by atoms with Gasteiger partial charge in [0.15, 0.2) is 0 Å². The quantitative estimate of drug-likeness (QED) is 0.714. The second-order valence-electron chi connectivity index (χ2n) is 6.02. The first-order chi connectivity index (χ1) is 13.2. The van der Waals surface area contributed by atoms with E-state index >= 15 is 0 Å². The van der Waals surface area contributed by atoms with Crippen molar-refractivity contribution in [3.63, 3.8) is 0 Å². The number of furan rings is 1. The van der Waals surface area contributed by atoms with Crippen LogP contribution in [0.4, 0.5) is 0 Å². The molecule has 0 radical (unpaired) electrons. The summed E-state index contributed by atoms with van der Waals surface area (Å²) in [5.41, 5.74) is 8.70. The van der Waals surface area contributed by atoms with Gasteiger partial charge >= 0.3 is 5.97 Å². The van der Waals surface area contributed by atoms with Crippen molar-refractivity contribution in [2.45, 2.75) is 12.8 Å². The number of carbonyl (C=O) groups excluding carboxylic acids is 1. The SMILES string of the molecule is CCOC(=O)c1c2cccccc-2c2c1OC(N)=C(C#N)C2c1ccco1. The van der Waals surface area contributed by atoms with Crippen molar-refractivity contribution >= 4 is 5.97 Å². The molecule has 1 atom stereocenters. The van der Waals surface area contributed by atoms with E-state index in [1.54, 1.807) is 19.1 Å². The lowest BCUT2D eigenvalue weighted by atomic mass is 9.86. The average molecular weight is 360 g/mol. The Morgan fingerprint density at radius 1 is 1.22 bits per heavy atom. The fourth-order valence-corrected chi connectivity index (χ4v) is 3.49. The third-order valence-corrected chi connectivity index (χ3v) is 4.55. The van der Waals surface area contributed by atoms with Crippen molar-refractivity contribution < 1.29 is 18.7 Å². The molecule has 0 aromatic carbocycles. The van der Waals surface area contributed by atoms with E-state index in [9.17, 15) is 10.1 Å². The molecule has 1 aliphatic heterocycles. The molecule has 6 nitrogen and oxygen atoms in total. The highest BCUT2D eigenvalue weighted by Gasteiger charge is 2.41. The van der Waals surface area contributed by atoms with Crippen LogP contribution in [0.25, 0.3) is 11.1 Å². The Morgan fingerprint density at radius 2 is 2.00 bits per heavy atom. The van der Waals surface area contributed by atoms with Gasteiger partial charge in [-0.2, -0.15) is 5.26 Å². The maximum Gasteiger partial charge on any atom is 0.342 e. The van der Waals surface area contributed by atoms with Crippen LogP contribution in [-0.4, -0.2) is 12.6 Å². The smallest absolute Gasteiger partial charge is 0.342 e. The molecule has 1 unspecified atom stereocenters. The van der Waals surface area contributed by atoms with Crippen LogP contribution in [0.2, 0.25) is 0 Å². The molecule has 2 heterocycles. The predicted molar refractivity (Wildman–Crippen MR) is 97.0 cm³/mol. The van der Waals surface area contributed by atoms with Crippen LogP contribution in [0.3, 0.4) is 0 Å². The maximum atomic E-state index is 12.7. The van der Waals surface area contributed by atoms with E-state index in [-0.39, 0.29) is 18.1 Å². The van der Waals surface area contributed by atoms with E-state index in [1.807, 2.05) is 30.3 Å². The topological polar surface area (TPSA) is 98.5 Å². The van der Waals surface area contributed by atoms with E-state index in [4.69, 9.17) is 19.6 Å². The van der Waals surface area contributed by atoms with Crippen molar-refractivity contribution in [1.29, 1.82) is 5.26 Å². The number of allylic oxidation sites excluding steroid dienone is 1. The first-order valence-electron chi connectivity index (χ1n) is 8.50. The van der Waals surface area contributed by atoms with Gasteiger partial charge in [-0.25, -0.2) is 4.79 Å². The Hall–Kier alpha value is -3.72. The molecule has 0 saturated carbocycles.